The standard InChI is InChI=1S/C17H23N5O2S/c1-12-5-4-6-13(2)21(12)16(23)11-25-17-18-19-20-22(17)14-7-9-15(24-3)10-8-14/h7-10,12-13H,4-6,11H2,1-3H3. The summed E-state index contributed by atoms with van der Waals surface area (Å²) in [5.74, 6) is 1.26. The van der Waals surface area contributed by atoms with E-state index in [-0.39, 0.29) is 5.91 Å². The monoisotopic (exact) mass is 361 g/mol. The largest absolute Gasteiger partial charge is 0.497 e. The zero-order valence-corrected chi connectivity index (χ0v) is 15.6. The Hall–Kier alpha value is -2.09. The summed E-state index contributed by atoms with van der Waals surface area (Å²) in [7, 11) is 1.63. The number of ether oxygens (including phenoxy) is 1. The number of carbonyl (C=O) groups is 1. The quantitative estimate of drug-likeness (QED) is 0.762. The Morgan fingerprint density at radius 1 is 1.24 bits per heavy atom. The van der Waals surface area contributed by atoms with Crippen LogP contribution >= 0.6 is 11.8 Å². The minimum absolute atomic E-state index is 0.147. The minimum atomic E-state index is 0.147. The molecule has 0 spiro atoms. The lowest BCUT2D eigenvalue weighted by atomic mass is 9.98. The highest BCUT2D eigenvalue weighted by molar-refractivity contribution is 7.99. The summed E-state index contributed by atoms with van der Waals surface area (Å²) in [5.41, 5.74) is 0.834. The molecule has 1 aliphatic heterocycles. The number of nitrogens with zero attached hydrogens (tertiary/aromatic N) is 5. The van der Waals surface area contributed by atoms with Gasteiger partial charge in [0.2, 0.25) is 11.1 Å². The van der Waals surface area contributed by atoms with Crippen molar-refractivity contribution in [2.24, 2.45) is 0 Å². The van der Waals surface area contributed by atoms with Gasteiger partial charge in [-0.2, -0.15) is 4.68 Å². The number of methoxy groups -OCH3 is 1. The van der Waals surface area contributed by atoms with Crippen molar-refractivity contribution in [3.63, 3.8) is 0 Å². The first-order chi connectivity index (χ1) is 12.1. The number of piperidine rings is 1. The van der Waals surface area contributed by atoms with Gasteiger partial charge in [-0.3, -0.25) is 4.79 Å². The maximum atomic E-state index is 12.7. The smallest absolute Gasteiger partial charge is 0.233 e. The normalized spacial score (nSPS) is 20.5. The third-order valence-electron chi connectivity index (χ3n) is 4.56. The molecule has 134 valence electrons. The maximum Gasteiger partial charge on any atom is 0.233 e. The third-order valence-corrected chi connectivity index (χ3v) is 5.47. The van der Waals surface area contributed by atoms with Crippen LogP contribution in [0.2, 0.25) is 0 Å². The summed E-state index contributed by atoms with van der Waals surface area (Å²) >= 11 is 1.37. The summed E-state index contributed by atoms with van der Waals surface area (Å²) in [6.07, 6.45) is 3.34. The highest BCUT2D eigenvalue weighted by atomic mass is 32.2. The summed E-state index contributed by atoms with van der Waals surface area (Å²) in [6.45, 7) is 4.25. The first-order valence-corrected chi connectivity index (χ1v) is 9.45. The van der Waals surface area contributed by atoms with Crippen LogP contribution in [-0.2, 0) is 4.79 Å². The van der Waals surface area contributed by atoms with E-state index in [2.05, 4.69) is 29.4 Å². The maximum absolute atomic E-state index is 12.7. The molecule has 0 N–H and O–H groups in total. The number of tetrazole rings is 1. The van der Waals surface area contributed by atoms with Gasteiger partial charge < -0.3 is 9.64 Å². The lowest BCUT2D eigenvalue weighted by Gasteiger charge is -2.39. The topological polar surface area (TPSA) is 73.1 Å². The van der Waals surface area contributed by atoms with Gasteiger partial charge in [-0.1, -0.05) is 11.8 Å². The molecule has 2 heterocycles. The molecule has 1 saturated heterocycles. The van der Waals surface area contributed by atoms with E-state index in [1.807, 2.05) is 29.2 Å². The lowest BCUT2D eigenvalue weighted by Crippen LogP contribution is -2.48. The number of carbonyl (C=O) groups excluding carboxylic acids is 1. The van der Waals surface area contributed by atoms with Gasteiger partial charge in [-0.05, 0) is 67.8 Å². The first-order valence-electron chi connectivity index (χ1n) is 8.47. The number of amides is 1. The fourth-order valence-corrected chi connectivity index (χ4v) is 4.03. The Labute approximate surface area is 151 Å². The van der Waals surface area contributed by atoms with Crippen molar-refractivity contribution in [3.05, 3.63) is 24.3 Å². The van der Waals surface area contributed by atoms with Gasteiger partial charge >= 0.3 is 0 Å². The van der Waals surface area contributed by atoms with E-state index in [9.17, 15) is 4.79 Å². The Balaban J connectivity index is 1.67. The van der Waals surface area contributed by atoms with Gasteiger partial charge in [0.1, 0.15) is 5.75 Å². The number of hydrogen-bond acceptors (Lipinski definition) is 6. The van der Waals surface area contributed by atoms with Gasteiger partial charge in [0.25, 0.3) is 0 Å². The van der Waals surface area contributed by atoms with Gasteiger partial charge in [0.15, 0.2) is 0 Å². The summed E-state index contributed by atoms with van der Waals surface area (Å²) in [5, 5.41) is 12.4. The molecule has 0 aliphatic carbocycles. The molecule has 1 aromatic heterocycles. The molecular formula is C17H23N5O2S. The molecule has 0 radical (unpaired) electrons. The molecule has 25 heavy (non-hydrogen) atoms. The molecule has 7 nitrogen and oxygen atoms in total. The van der Waals surface area contributed by atoms with Crippen LogP contribution < -0.4 is 4.74 Å². The average molecular weight is 361 g/mol. The van der Waals surface area contributed by atoms with E-state index in [4.69, 9.17) is 4.74 Å². The molecular weight excluding hydrogens is 338 g/mol. The molecule has 2 atom stereocenters. The van der Waals surface area contributed by atoms with E-state index in [0.29, 0.717) is 23.0 Å². The number of thioether (sulfide) groups is 1. The van der Waals surface area contributed by atoms with E-state index < -0.39 is 0 Å². The van der Waals surface area contributed by atoms with Crippen LogP contribution in [0.3, 0.4) is 0 Å². The van der Waals surface area contributed by atoms with Gasteiger partial charge in [-0.25, -0.2) is 0 Å². The van der Waals surface area contributed by atoms with Crippen LogP contribution in [0.15, 0.2) is 29.4 Å². The predicted octanol–water partition coefficient (Wildman–Crippen LogP) is 2.55. The van der Waals surface area contributed by atoms with Crippen LogP contribution in [0, 0.1) is 0 Å². The lowest BCUT2D eigenvalue weighted by molar-refractivity contribution is -0.134. The molecule has 0 bridgehead atoms. The van der Waals surface area contributed by atoms with E-state index in [0.717, 1.165) is 24.3 Å². The van der Waals surface area contributed by atoms with Crippen LogP contribution in [0.1, 0.15) is 33.1 Å². The van der Waals surface area contributed by atoms with Gasteiger partial charge in [0, 0.05) is 12.1 Å². The van der Waals surface area contributed by atoms with Crippen molar-refractivity contribution in [1.82, 2.24) is 25.1 Å². The summed E-state index contributed by atoms with van der Waals surface area (Å²) < 4.78 is 6.81. The molecule has 2 unspecified atom stereocenters. The van der Waals surface area contributed by atoms with Gasteiger partial charge in [0.05, 0.1) is 18.6 Å². The molecule has 3 rings (SSSR count). The molecule has 0 saturated carbocycles. The Morgan fingerprint density at radius 2 is 1.92 bits per heavy atom. The number of hydrogen-bond donors (Lipinski definition) is 0. The van der Waals surface area contributed by atoms with Crippen LogP contribution in [-0.4, -0.2) is 56.0 Å². The van der Waals surface area contributed by atoms with Crippen LogP contribution in [0.4, 0.5) is 0 Å². The summed E-state index contributed by atoms with van der Waals surface area (Å²) in [6, 6.07) is 8.08. The van der Waals surface area contributed by atoms with Crippen molar-refractivity contribution < 1.29 is 9.53 Å². The van der Waals surface area contributed by atoms with Crippen molar-refractivity contribution >= 4 is 17.7 Å². The van der Waals surface area contributed by atoms with Crippen molar-refractivity contribution in [2.75, 3.05) is 12.9 Å². The molecule has 1 amide bonds. The van der Waals surface area contributed by atoms with E-state index in [1.54, 1.807) is 11.8 Å². The number of rotatable bonds is 5. The van der Waals surface area contributed by atoms with E-state index >= 15 is 0 Å². The molecule has 2 aromatic rings. The zero-order chi connectivity index (χ0) is 17.8. The van der Waals surface area contributed by atoms with Crippen LogP contribution in [0.25, 0.3) is 5.69 Å². The van der Waals surface area contributed by atoms with E-state index in [1.165, 1.54) is 18.2 Å². The van der Waals surface area contributed by atoms with Crippen LogP contribution in [0.5, 0.6) is 5.75 Å². The van der Waals surface area contributed by atoms with Crippen molar-refractivity contribution in [3.8, 4) is 11.4 Å². The SMILES string of the molecule is COc1ccc(-n2nnnc2SCC(=O)N2C(C)CCCC2C)cc1. The molecule has 1 aromatic carbocycles. The number of benzene rings is 1. The Morgan fingerprint density at radius 3 is 2.56 bits per heavy atom. The van der Waals surface area contributed by atoms with Gasteiger partial charge in [-0.15, -0.1) is 5.10 Å². The van der Waals surface area contributed by atoms with Crippen molar-refractivity contribution in [1.29, 1.82) is 0 Å². The van der Waals surface area contributed by atoms with Crippen molar-refractivity contribution in [2.45, 2.75) is 50.4 Å². The highest BCUT2D eigenvalue weighted by Gasteiger charge is 2.29. The second-order valence-electron chi connectivity index (χ2n) is 6.29. The Kier molecular flexibility index (Phi) is 5.57. The minimum Gasteiger partial charge on any atom is -0.497 e. The third kappa shape index (κ3) is 3.95. The molecule has 1 fully saturated rings. The predicted molar refractivity (Wildman–Crippen MR) is 96.1 cm³/mol. The fraction of sp³-hybridized carbons (Fsp3) is 0.529. The number of aromatic nitrogens is 4. The Bertz CT molecular complexity index is 708. The number of likely N-dealkylation sites (tertiary alicyclic amines) is 1. The fourth-order valence-electron chi connectivity index (χ4n) is 3.27. The summed E-state index contributed by atoms with van der Waals surface area (Å²) in [4.78, 5) is 14.7. The highest BCUT2D eigenvalue weighted by Crippen LogP contribution is 2.25. The molecule has 1 aliphatic rings. The molecule has 8 heteroatoms. The second-order valence-corrected chi connectivity index (χ2v) is 7.23. The first kappa shape index (κ1) is 17.7. The zero-order valence-electron chi connectivity index (χ0n) is 14.8. The average Bonchev–Trinajstić information content (AvgIpc) is 3.08. The second kappa shape index (κ2) is 7.86.